The molecule has 1 aromatic rings. The van der Waals surface area contributed by atoms with Crippen molar-refractivity contribution in [1.29, 1.82) is 0 Å². The molecule has 3 aliphatic heterocycles. The number of carbonyl (C=O) groups is 2. The summed E-state index contributed by atoms with van der Waals surface area (Å²) in [6, 6.07) is 4.72. The van der Waals surface area contributed by atoms with E-state index in [4.69, 9.17) is 23.7 Å². The molecular weight excluding hydrogens is 437 g/mol. The Labute approximate surface area is 191 Å². The van der Waals surface area contributed by atoms with Crippen LogP contribution >= 0.6 is 0 Å². The van der Waals surface area contributed by atoms with E-state index in [1.807, 2.05) is 4.90 Å². The second-order valence-corrected chi connectivity index (χ2v) is 8.42. The SMILES string of the molecule is COCOCC1COC2(CCN(c3ccc(N4CC(CNC(C)=O)OC4=O)cc3F)CC2)O1. The Morgan fingerprint density at radius 1 is 1.30 bits per heavy atom. The first kappa shape index (κ1) is 23.7. The summed E-state index contributed by atoms with van der Waals surface area (Å²) in [4.78, 5) is 26.6. The molecule has 1 aromatic carbocycles. The van der Waals surface area contributed by atoms with Crippen molar-refractivity contribution < 1.29 is 37.7 Å². The van der Waals surface area contributed by atoms with Crippen LogP contribution in [-0.2, 0) is 28.5 Å². The Kier molecular flexibility index (Phi) is 7.32. The van der Waals surface area contributed by atoms with E-state index in [-0.39, 0.29) is 31.9 Å². The molecule has 0 bridgehead atoms. The molecular formula is C22H30FN3O7. The number of cyclic esters (lactones) is 1. The van der Waals surface area contributed by atoms with E-state index >= 15 is 4.39 Å². The predicted octanol–water partition coefficient (Wildman–Crippen LogP) is 1.62. The first-order valence-electron chi connectivity index (χ1n) is 11.0. The first-order valence-corrected chi connectivity index (χ1v) is 11.0. The zero-order valence-electron chi connectivity index (χ0n) is 18.9. The number of halogens is 1. The van der Waals surface area contributed by atoms with E-state index in [1.165, 1.54) is 17.9 Å². The van der Waals surface area contributed by atoms with Gasteiger partial charge in [-0.1, -0.05) is 0 Å². The number of ether oxygens (including phenoxy) is 5. The molecule has 2 atom stereocenters. The number of carbonyl (C=O) groups excluding carboxylic acids is 2. The minimum absolute atomic E-state index is 0.141. The number of methoxy groups -OCH3 is 1. The van der Waals surface area contributed by atoms with Gasteiger partial charge in [-0.2, -0.15) is 0 Å². The van der Waals surface area contributed by atoms with Crippen molar-refractivity contribution in [3.63, 3.8) is 0 Å². The van der Waals surface area contributed by atoms with Gasteiger partial charge >= 0.3 is 6.09 Å². The van der Waals surface area contributed by atoms with Gasteiger partial charge in [-0.05, 0) is 18.2 Å². The number of nitrogens with zero attached hydrogens (tertiary/aromatic N) is 2. The van der Waals surface area contributed by atoms with E-state index in [1.54, 1.807) is 19.2 Å². The van der Waals surface area contributed by atoms with Gasteiger partial charge in [-0.15, -0.1) is 0 Å². The summed E-state index contributed by atoms with van der Waals surface area (Å²) >= 11 is 0. The Morgan fingerprint density at radius 3 is 2.79 bits per heavy atom. The van der Waals surface area contributed by atoms with E-state index in [0.29, 0.717) is 50.5 Å². The lowest BCUT2D eigenvalue weighted by Gasteiger charge is -2.39. The van der Waals surface area contributed by atoms with Crippen molar-refractivity contribution >= 4 is 23.4 Å². The van der Waals surface area contributed by atoms with Crippen molar-refractivity contribution in [2.75, 3.05) is 63.1 Å². The van der Waals surface area contributed by atoms with Gasteiger partial charge in [0.1, 0.15) is 24.8 Å². The van der Waals surface area contributed by atoms with Crippen molar-refractivity contribution in [1.82, 2.24) is 5.32 Å². The summed E-state index contributed by atoms with van der Waals surface area (Å²) in [5.74, 6) is -1.27. The maximum atomic E-state index is 15.0. The molecule has 33 heavy (non-hydrogen) atoms. The van der Waals surface area contributed by atoms with Crippen LogP contribution in [0.4, 0.5) is 20.6 Å². The average molecular weight is 467 g/mol. The number of hydrogen-bond acceptors (Lipinski definition) is 8. The summed E-state index contributed by atoms with van der Waals surface area (Å²) in [6.07, 6.45) is 0.0446. The predicted molar refractivity (Wildman–Crippen MR) is 116 cm³/mol. The maximum Gasteiger partial charge on any atom is 0.414 e. The number of anilines is 2. The molecule has 2 unspecified atom stereocenters. The summed E-state index contributed by atoms with van der Waals surface area (Å²) in [5, 5.41) is 2.62. The lowest BCUT2D eigenvalue weighted by molar-refractivity contribution is -0.187. The number of piperidine rings is 1. The van der Waals surface area contributed by atoms with Crippen molar-refractivity contribution in [3.05, 3.63) is 24.0 Å². The average Bonchev–Trinajstić information content (AvgIpc) is 3.36. The standard InChI is InChI=1S/C22H30FN3O7/c1-15(27)24-10-17-11-26(21(28)32-17)16-3-4-20(19(23)9-16)25-7-5-22(6-8-25)31-13-18(33-22)12-30-14-29-2/h3-4,9,17-18H,5-8,10-14H2,1-2H3,(H,24,27). The van der Waals surface area contributed by atoms with Crippen LogP contribution in [0.5, 0.6) is 0 Å². The molecule has 2 amide bonds. The fourth-order valence-electron chi connectivity index (χ4n) is 4.33. The van der Waals surface area contributed by atoms with Gasteiger partial charge in [0, 0.05) is 40.0 Å². The molecule has 182 valence electrons. The van der Waals surface area contributed by atoms with Gasteiger partial charge in [0.25, 0.3) is 0 Å². The summed E-state index contributed by atoms with van der Waals surface area (Å²) < 4.78 is 42.5. The monoisotopic (exact) mass is 467 g/mol. The van der Waals surface area contributed by atoms with E-state index < -0.39 is 23.8 Å². The number of hydrogen-bond donors (Lipinski definition) is 1. The number of nitrogens with one attached hydrogen (secondary N) is 1. The van der Waals surface area contributed by atoms with E-state index in [0.717, 1.165) is 0 Å². The van der Waals surface area contributed by atoms with Crippen molar-refractivity contribution in [3.8, 4) is 0 Å². The smallest absolute Gasteiger partial charge is 0.414 e. The van der Waals surface area contributed by atoms with Crippen LogP contribution < -0.4 is 15.1 Å². The van der Waals surface area contributed by atoms with Gasteiger partial charge in [-0.3, -0.25) is 9.69 Å². The van der Waals surface area contributed by atoms with Gasteiger partial charge in [0.05, 0.1) is 37.7 Å². The lowest BCUT2D eigenvalue weighted by atomic mass is 10.0. The Hall–Kier alpha value is -2.47. The molecule has 3 heterocycles. The molecule has 0 aliphatic carbocycles. The van der Waals surface area contributed by atoms with Gasteiger partial charge < -0.3 is 33.9 Å². The molecule has 11 heteroatoms. The minimum Gasteiger partial charge on any atom is -0.442 e. The Morgan fingerprint density at radius 2 is 2.09 bits per heavy atom. The molecule has 3 fully saturated rings. The zero-order chi connectivity index (χ0) is 23.4. The fourth-order valence-corrected chi connectivity index (χ4v) is 4.33. The van der Waals surface area contributed by atoms with E-state index in [2.05, 4.69) is 5.32 Å². The molecule has 0 aromatic heterocycles. The normalized spacial score (nSPS) is 24.4. The Bertz CT molecular complexity index is 862. The number of benzene rings is 1. The topological polar surface area (TPSA) is 98.8 Å². The largest absolute Gasteiger partial charge is 0.442 e. The molecule has 10 nitrogen and oxygen atoms in total. The van der Waals surface area contributed by atoms with Crippen LogP contribution in [0, 0.1) is 5.82 Å². The van der Waals surface area contributed by atoms with Crippen LogP contribution in [-0.4, -0.2) is 83.3 Å². The third-order valence-electron chi connectivity index (χ3n) is 5.98. The van der Waals surface area contributed by atoms with Gasteiger partial charge in [-0.25, -0.2) is 9.18 Å². The summed E-state index contributed by atoms with van der Waals surface area (Å²) in [7, 11) is 1.57. The molecule has 4 rings (SSSR count). The lowest BCUT2D eigenvalue weighted by Crippen LogP contribution is -2.46. The van der Waals surface area contributed by atoms with Crippen LogP contribution in [0.3, 0.4) is 0 Å². The first-order chi connectivity index (χ1) is 15.9. The van der Waals surface area contributed by atoms with Crippen LogP contribution in [0.15, 0.2) is 18.2 Å². The van der Waals surface area contributed by atoms with Crippen LogP contribution in [0.2, 0.25) is 0 Å². The zero-order valence-corrected chi connectivity index (χ0v) is 18.9. The quantitative estimate of drug-likeness (QED) is 0.455. The highest BCUT2D eigenvalue weighted by Gasteiger charge is 2.44. The Balaban J connectivity index is 1.32. The second-order valence-electron chi connectivity index (χ2n) is 8.42. The minimum atomic E-state index is -0.657. The highest BCUT2D eigenvalue weighted by atomic mass is 19.1. The maximum absolute atomic E-state index is 15.0. The van der Waals surface area contributed by atoms with Crippen LogP contribution in [0.1, 0.15) is 19.8 Å². The third kappa shape index (κ3) is 5.55. The van der Waals surface area contributed by atoms with Crippen molar-refractivity contribution in [2.45, 2.75) is 37.8 Å². The van der Waals surface area contributed by atoms with Gasteiger partial charge in [0.2, 0.25) is 5.91 Å². The van der Waals surface area contributed by atoms with E-state index in [9.17, 15) is 9.59 Å². The number of rotatable bonds is 8. The molecule has 0 radical (unpaired) electrons. The van der Waals surface area contributed by atoms with Crippen molar-refractivity contribution in [2.24, 2.45) is 0 Å². The fraction of sp³-hybridized carbons (Fsp3) is 0.636. The molecule has 3 saturated heterocycles. The molecule has 1 spiro atoms. The second kappa shape index (κ2) is 10.2. The highest BCUT2D eigenvalue weighted by Crippen LogP contribution is 2.37. The van der Waals surface area contributed by atoms with Crippen LogP contribution in [0.25, 0.3) is 0 Å². The third-order valence-corrected chi connectivity index (χ3v) is 5.98. The highest BCUT2D eigenvalue weighted by molar-refractivity contribution is 5.90. The molecule has 0 saturated carbocycles. The van der Waals surface area contributed by atoms with Gasteiger partial charge in [0.15, 0.2) is 5.79 Å². The molecule has 1 N–H and O–H groups in total. The summed E-state index contributed by atoms with van der Waals surface area (Å²) in [6.45, 7) is 4.08. The number of amides is 2. The molecule has 3 aliphatic rings. The summed E-state index contributed by atoms with van der Waals surface area (Å²) in [5.41, 5.74) is 0.885.